The Morgan fingerprint density at radius 3 is 2.95 bits per heavy atom. The molecule has 0 radical (unpaired) electrons. The minimum absolute atomic E-state index is 0.303. The lowest BCUT2D eigenvalue weighted by Gasteiger charge is -2.24. The van der Waals surface area contributed by atoms with E-state index in [0.717, 1.165) is 6.54 Å². The summed E-state index contributed by atoms with van der Waals surface area (Å²) >= 11 is 14.0. The van der Waals surface area contributed by atoms with E-state index >= 15 is 0 Å². The fourth-order valence-corrected chi connectivity index (χ4v) is 4.03. The van der Waals surface area contributed by atoms with Gasteiger partial charge in [0.1, 0.15) is 0 Å². The molecule has 1 saturated heterocycles. The second-order valence-corrected chi connectivity index (χ2v) is 7.74. The van der Waals surface area contributed by atoms with E-state index in [4.69, 9.17) is 23.2 Å². The molecule has 1 aliphatic heterocycles. The summed E-state index contributed by atoms with van der Waals surface area (Å²) in [6, 6.07) is 5.17. The van der Waals surface area contributed by atoms with Crippen molar-refractivity contribution in [2.24, 2.45) is 0 Å². The summed E-state index contributed by atoms with van der Waals surface area (Å²) in [4.78, 5) is 0. The molecular weight excluding hydrogens is 301 g/mol. The van der Waals surface area contributed by atoms with Crippen LogP contribution in [-0.2, 0) is 0 Å². The third-order valence-electron chi connectivity index (χ3n) is 3.45. The van der Waals surface area contributed by atoms with Gasteiger partial charge in [-0.15, -0.1) is 0 Å². The van der Waals surface area contributed by atoms with Gasteiger partial charge in [-0.2, -0.15) is 11.8 Å². The van der Waals surface area contributed by atoms with E-state index in [2.05, 4.69) is 12.2 Å². The number of thioether (sulfide) groups is 1. The van der Waals surface area contributed by atoms with Crippen molar-refractivity contribution in [1.82, 2.24) is 5.32 Å². The summed E-state index contributed by atoms with van der Waals surface area (Å²) in [5.74, 6) is 1.24. The maximum Gasteiger partial charge on any atom is 0.0929 e. The molecule has 5 heteroatoms. The molecule has 0 spiro atoms. The van der Waals surface area contributed by atoms with Gasteiger partial charge in [-0.25, -0.2) is 0 Å². The molecule has 0 amide bonds. The molecule has 1 fully saturated rings. The van der Waals surface area contributed by atoms with E-state index in [-0.39, 0.29) is 0 Å². The normalized spacial score (nSPS) is 24.6. The van der Waals surface area contributed by atoms with Crippen molar-refractivity contribution in [3.8, 4) is 0 Å². The van der Waals surface area contributed by atoms with Crippen LogP contribution in [0.1, 0.15) is 31.4 Å². The first kappa shape index (κ1) is 15.5. The van der Waals surface area contributed by atoms with E-state index in [9.17, 15) is 5.11 Å². The number of nitrogens with one attached hydrogen (secondary N) is 1. The molecule has 0 aliphatic carbocycles. The van der Waals surface area contributed by atoms with Crippen molar-refractivity contribution in [2.45, 2.75) is 30.6 Å². The molecule has 2 N–H and O–H groups in total. The molecule has 2 unspecified atom stereocenters. The Bertz CT molecular complexity index is 435. The molecule has 1 heterocycles. The molecule has 2 rings (SSSR count). The Morgan fingerprint density at radius 1 is 1.47 bits per heavy atom. The monoisotopic (exact) mass is 319 g/mol. The number of aliphatic hydroxyl groups excluding tert-OH is 1. The van der Waals surface area contributed by atoms with Crippen molar-refractivity contribution in [1.29, 1.82) is 0 Å². The standard InChI is InChI=1S/C14H19Cl2NOS/c1-14(5-2-6-19-14)9-17-8-13(18)11-7-10(15)3-4-12(11)16/h3-4,7,13,17-18H,2,5-6,8-9H2,1H3. The third kappa shape index (κ3) is 4.27. The van der Waals surface area contributed by atoms with Gasteiger partial charge >= 0.3 is 0 Å². The van der Waals surface area contributed by atoms with Gasteiger partial charge in [0.25, 0.3) is 0 Å². The summed E-state index contributed by atoms with van der Waals surface area (Å²) in [6.07, 6.45) is 1.89. The summed E-state index contributed by atoms with van der Waals surface area (Å²) in [6.45, 7) is 3.68. The number of halogens is 2. The van der Waals surface area contributed by atoms with Crippen LogP contribution in [0.15, 0.2) is 18.2 Å². The van der Waals surface area contributed by atoms with Gasteiger partial charge in [0.2, 0.25) is 0 Å². The van der Waals surface area contributed by atoms with Crippen LogP contribution in [0, 0.1) is 0 Å². The number of aliphatic hydroxyl groups is 1. The highest BCUT2D eigenvalue weighted by molar-refractivity contribution is 8.00. The molecular formula is C14H19Cl2NOS. The summed E-state index contributed by atoms with van der Waals surface area (Å²) < 4.78 is 0.303. The van der Waals surface area contributed by atoms with Gasteiger partial charge in [-0.05, 0) is 43.7 Å². The number of hydrogen-bond donors (Lipinski definition) is 2. The van der Waals surface area contributed by atoms with Gasteiger partial charge in [0.05, 0.1) is 6.10 Å². The lowest BCUT2D eigenvalue weighted by Crippen LogP contribution is -2.35. The highest BCUT2D eigenvalue weighted by Crippen LogP contribution is 2.37. The highest BCUT2D eigenvalue weighted by atomic mass is 35.5. The first-order valence-electron chi connectivity index (χ1n) is 6.48. The molecule has 0 saturated carbocycles. The first-order valence-corrected chi connectivity index (χ1v) is 8.22. The Morgan fingerprint density at radius 2 is 2.26 bits per heavy atom. The van der Waals surface area contributed by atoms with Gasteiger partial charge in [-0.1, -0.05) is 23.2 Å². The van der Waals surface area contributed by atoms with Gasteiger partial charge in [0.15, 0.2) is 0 Å². The van der Waals surface area contributed by atoms with Crippen molar-refractivity contribution < 1.29 is 5.11 Å². The third-order valence-corrected chi connectivity index (χ3v) is 5.57. The molecule has 2 atom stereocenters. The van der Waals surface area contributed by atoms with Crippen molar-refractivity contribution >= 4 is 35.0 Å². The predicted octanol–water partition coefficient (Wildman–Crippen LogP) is 3.90. The number of hydrogen-bond acceptors (Lipinski definition) is 3. The van der Waals surface area contributed by atoms with E-state index < -0.39 is 6.10 Å². The SMILES string of the molecule is CC1(CNCC(O)c2cc(Cl)ccc2Cl)CCCS1. The van der Waals surface area contributed by atoms with Crippen molar-refractivity contribution in [2.75, 3.05) is 18.8 Å². The predicted molar refractivity (Wildman–Crippen MR) is 84.4 cm³/mol. The molecule has 0 aromatic heterocycles. The van der Waals surface area contributed by atoms with Crippen molar-refractivity contribution in [3.63, 3.8) is 0 Å². The van der Waals surface area contributed by atoms with E-state index in [1.807, 2.05) is 11.8 Å². The second kappa shape index (κ2) is 6.68. The molecule has 1 aromatic rings. The molecule has 1 aromatic carbocycles. The Balaban J connectivity index is 1.87. The maximum atomic E-state index is 10.2. The van der Waals surface area contributed by atoms with Crippen LogP contribution >= 0.6 is 35.0 Å². The van der Waals surface area contributed by atoms with E-state index in [1.165, 1.54) is 18.6 Å². The van der Waals surface area contributed by atoms with Crippen LogP contribution in [0.5, 0.6) is 0 Å². The second-order valence-electron chi connectivity index (χ2n) is 5.21. The zero-order valence-corrected chi connectivity index (χ0v) is 13.3. The van der Waals surface area contributed by atoms with Gasteiger partial charge < -0.3 is 10.4 Å². The summed E-state index contributed by atoms with van der Waals surface area (Å²) in [7, 11) is 0. The molecule has 106 valence electrons. The van der Waals surface area contributed by atoms with Crippen LogP contribution < -0.4 is 5.32 Å². The van der Waals surface area contributed by atoms with Gasteiger partial charge in [-0.3, -0.25) is 0 Å². The Labute approximate surface area is 128 Å². The average molecular weight is 320 g/mol. The lowest BCUT2D eigenvalue weighted by atomic mass is 10.1. The largest absolute Gasteiger partial charge is 0.387 e. The van der Waals surface area contributed by atoms with Gasteiger partial charge in [0, 0.05) is 33.4 Å². The van der Waals surface area contributed by atoms with Crippen molar-refractivity contribution in [3.05, 3.63) is 33.8 Å². The van der Waals surface area contributed by atoms with E-state index in [0.29, 0.717) is 26.9 Å². The maximum absolute atomic E-state index is 10.2. The highest BCUT2D eigenvalue weighted by Gasteiger charge is 2.29. The van der Waals surface area contributed by atoms with Crippen LogP contribution in [0.4, 0.5) is 0 Å². The molecule has 19 heavy (non-hydrogen) atoms. The fourth-order valence-electron chi connectivity index (χ4n) is 2.33. The Kier molecular flexibility index (Phi) is 5.44. The number of rotatable bonds is 5. The summed E-state index contributed by atoms with van der Waals surface area (Å²) in [5.41, 5.74) is 0.686. The fraction of sp³-hybridized carbons (Fsp3) is 0.571. The smallest absolute Gasteiger partial charge is 0.0929 e. The quantitative estimate of drug-likeness (QED) is 0.863. The first-order chi connectivity index (χ1) is 9.00. The lowest BCUT2D eigenvalue weighted by molar-refractivity contribution is 0.174. The zero-order chi connectivity index (χ0) is 13.9. The zero-order valence-electron chi connectivity index (χ0n) is 11.0. The summed E-state index contributed by atoms with van der Waals surface area (Å²) in [5, 5.41) is 14.7. The van der Waals surface area contributed by atoms with Crippen LogP contribution in [0.2, 0.25) is 10.0 Å². The average Bonchev–Trinajstić information content (AvgIpc) is 2.79. The molecule has 0 bridgehead atoms. The van der Waals surface area contributed by atoms with E-state index in [1.54, 1.807) is 18.2 Å². The molecule has 1 aliphatic rings. The van der Waals surface area contributed by atoms with Crippen LogP contribution in [0.3, 0.4) is 0 Å². The topological polar surface area (TPSA) is 32.3 Å². The minimum atomic E-state index is -0.624. The minimum Gasteiger partial charge on any atom is -0.387 e. The Hall–Kier alpha value is 0.0700. The molecule has 2 nitrogen and oxygen atoms in total. The van der Waals surface area contributed by atoms with Crippen LogP contribution in [-0.4, -0.2) is 28.7 Å². The van der Waals surface area contributed by atoms with Crippen LogP contribution in [0.25, 0.3) is 0 Å². The number of benzene rings is 1.